The van der Waals surface area contributed by atoms with Crippen LogP contribution in [0.2, 0.25) is 5.28 Å². The zero-order chi connectivity index (χ0) is 17.7. The van der Waals surface area contributed by atoms with Crippen LogP contribution in [-0.2, 0) is 17.5 Å². The van der Waals surface area contributed by atoms with Crippen LogP contribution in [0.3, 0.4) is 0 Å². The molecule has 0 aliphatic heterocycles. The lowest BCUT2D eigenvalue weighted by atomic mass is 10.2. The minimum absolute atomic E-state index is 0.317. The van der Waals surface area contributed by atoms with Gasteiger partial charge in [0.15, 0.2) is 0 Å². The zero-order valence-corrected chi connectivity index (χ0v) is 13.8. The molecule has 0 radical (unpaired) electrons. The number of nitrogens with zero attached hydrogens (tertiary/aromatic N) is 2. The highest BCUT2D eigenvalue weighted by molar-refractivity contribution is 6.28. The van der Waals surface area contributed by atoms with E-state index in [1.807, 2.05) is 30.3 Å². The standard InChI is InChI=1S/C16H16ClF3N2O2/c1-10(23-9-12-6-4-3-5-7-12)11(2)24-14-13(16(18,19)20)8-21-15(17)22-14/h3-8,10-11H,9H2,1-2H3/t10-,11-/m1/s1. The van der Waals surface area contributed by atoms with Crippen LogP contribution in [-0.4, -0.2) is 22.2 Å². The van der Waals surface area contributed by atoms with Gasteiger partial charge in [-0.05, 0) is 31.0 Å². The van der Waals surface area contributed by atoms with E-state index in [4.69, 9.17) is 21.1 Å². The van der Waals surface area contributed by atoms with Crippen LogP contribution in [0, 0.1) is 0 Å². The van der Waals surface area contributed by atoms with Crippen LogP contribution in [0.5, 0.6) is 5.88 Å². The van der Waals surface area contributed by atoms with E-state index in [1.54, 1.807) is 13.8 Å². The molecule has 1 heterocycles. The molecule has 24 heavy (non-hydrogen) atoms. The Balaban J connectivity index is 2.03. The Morgan fingerprint density at radius 1 is 1.12 bits per heavy atom. The smallest absolute Gasteiger partial charge is 0.423 e. The quantitative estimate of drug-likeness (QED) is 0.710. The Labute approximate surface area is 142 Å². The van der Waals surface area contributed by atoms with Crippen molar-refractivity contribution in [1.29, 1.82) is 0 Å². The van der Waals surface area contributed by atoms with Gasteiger partial charge < -0.3 is 9.47 Å². The number of alkyl halides is 3. The van der Waals surface area contributed by atoms with Crippen molar-refractivity contribution in [2.75, 3.05) is 0 Å². The molecular formula is C16H16ClF3N2O2. The number of aromatic nitrogens is 2. The molecule has 0 aliphatic carbocycles. The topological polar surface area (TPSA) is 44.2 Å². The van der Waals surface area contributed by atoms with Gasteiger partial charge in [0, 0.05) is 6.20 Å². The van der Waals surface area contributed by atoms with Crippen LogP contribution in [0.25, 0.3) is 0 Å². The molecule has 4 nitrogen and oxygen atoms in total. The maximum atomic E-state index is 13.0. The average molecular weight is 361 g/mol. The van der Waals surface area contributed by atoms with Gasteiger partial charge in [-0.3, -0.25) is 0 Å². The number of rotatable bonds is 6. The Kier molecular flexibility index (Phi) is 6.01. The van der Waals surface area contributed by atoms with E-state index in [2.05, 4.69) is 9.97 Å². The third-order valence-electron chi connectivity index (χ3n) is 3.34. The number of ether oxygens (including phenoxy) is 2. The van der Waals surface area contributed by atoms with Gasteiger partial charge in [0.25, 0.3) is 0 Å². The molecule has 2 rings (SSSR count). The second-order valence-electron chi connectivity index (χ2n) is 5.18. The molecule has 2 aromatic rings. The van der Waals surface area contributed by atoms with Crippen LogP contribution in [0.15, 0.2) is 36.5 Å². The van der Waals surface area contributed by atoms with Crippen LogP contribution in [0.1, 0.15) is 25.0 Å². The fraction of sp³-hybridized carbons (Fsp3) is 0.375. The summed E-state index contributed by atoms with van der Waals surface area (Å²) in [6.07, 6.45) is -5.15. The highest BCUT2D eigenvalue weighted by Crippen LogP contribution is 2.35. The number of hydrogen-bond donors (Lipinski definition) is 0. The molecule has 0 N–H and O–H groups in total. The Morgan fingerprint density at radius 3 is 2.42 bits per heavy atom. The van der Waals surface area contributed by atoms with Crippen LogP contribution in [0.4, 0.5) is 13.2 Å². The zero-order valence-electron chi connectivity index (χ0n) is 13.0. The second kappa shape index (κ2) is 7.81. The van der Waals surface area contributed by atoms with Gasteiger partial charge in [0.1, 0.15) is 11.7 Å². The summed E-state index contributed by atoms with van der Waals surface area (Å²) in [5.74, 6) is -0.606. The summed E-state index contributed by atoms with van der Waals surface area (Å²) in [7, 11) is 0. The third kappa shape index (κ3) is 5.07. The number of benzene rings is 1. The summed E-state index contributed by atoms with van der Waals surface area (Å²) in [4.78, 5) is 6.89. The highest BCUT2D eigenvalue weighted by Gasteiger charge is 2.37. The first-order valence-electron chi connectivity index (χ1n) is 7.19. The van der Waals surface area contributed by atoms with E-state index in [0.29, 0.717) is 12.8 Å². The van der Waals surface area contributed by atoms with Gasteiger partial charge in [0.2, 0.25) is 11.2 Å². The van der Waals surface area contributed by atoms with Crippen molar-refractivity contribution in [3.63, 3.8) is 0 Å². The molecule has 1 aromatic heterocycles. The summed E-state index contributed by atoms with van der Waals surface area (Å²) >= 11 is 5.57. The summed E-state index contributed by atoms with van der Waals surface area (Å²) in [6, 6.07) is 9.42. The van der Waals surface area contributed by atoms with E-state index in [-0.39, 0.29) is 5.28 Å². The first kappa shape index (κ1) is 18.5. The van der Waals surface area contributed by atoms with Gasteiger partial charge in [-0.15, -0.1) is 0 Å². The lowest BCUT2D eigenvalue weighted by Gasteiger charge is -2.23. The minimum Gasteiger partial charge on any atom is -0.471 e. The van der Waals surface area contributed by atoms with Crippen molar-refractivity contribution in [3.8, 4) is 5.88 Å². The fourth-order valence-electron chi connectivity index (χ4n) is 1.84. The van der Waals surface area contributed by atoms with Gasteiger partial charge in [0.05, 0.1) is 12.7 Å². The lowest BCUT2D eigenvalue weighted by molar-refractivity contribution is -0.140. The molecule has 0 aliphatic rings. The van der Waals surface area contributed by atoms with Crippen LogP contribution < -0.4 is 4.74 Å². The Bertz CT molecular complexity index is 668. The molecule has 0 amide bonds. The fourth-order valence-corrected chi connectivity index (χ4v) is 1.97. The molecular weight excluding hydrogens is 345 g/mol. The molecule has 1 aromatic carbocycles. The van der Waals surface area contributed by atoms with Gasteiger partial charge in [-0.25, -0.2) is 4.98 Å². The molecule has 8 heteroatoms. The van der Waals surface area contributed by atoms with E-state index in [1.165, 1.54) is 0 Å². The summed E-state index contributed by atoms with van der Waals surface area (Å²) in [5.41, 5.74) is -0.119. The predicted molar refractivity (Wildman–Crippen MR) is 82.8 cm³/mol. The van der Waals surface area contributed by atoms with Crippen molar-refractivity contribution in [3.05, 3.63) is 52.9 Å². The SMILES string of the molecule is C[C@@H](OCc1ccccc1)[C@@H](C)Oc1nc(Cl)ncc1C(F)(F)F. The second-order valence-corrected chi connectivity index (χ2v) is 5.52. The third-order valence-corrected chi connectivity index (χ3v) is 3.53. The average Bonchev–Trinajstić information content (AvgIpc) is 2.52. The molecule has 130 valence electrons. The monoisotopic (exact) mass is 360 g/mol. The molecule has 0 saturated carbocycles. The predicted octanol–water partition coefficient (Wildman–Crippen LogP) is 4.52. The normalized spacial score (nSPS) is 14.2. The molecule has 0 spiro atoms. The Morgan fingerprint density at radius 2 is 1.79 bits per heavy atom. The number of hydrogen-bond acceptors (Lipinski definition) is 4. The molecule has 0 bridgehead atoms. The van der Waals surface area contributed by atoms with E-state index in [0.717, 1.165) is 5.56 Å². The molecule has 0 saturated heterocycles. The first-order valence-corrected chi connectivity index (χ1v) is 7.57. The van der Waals surface area contributed by atoms with Crippen molar-refractivity contribution in [2.45, 2.75) is 38.8 Å². The maximum Gasteiger partial charge on any atom is 0.423 e. The van der Waals surface area contributed by atoms with Gasteiger partial charge >= 0.3 is 6.18 Å². The summed E-state index contributed by atoms with van der Waals surface area (Å²) in [5, 5.41) is -0.317. The van der Waals surface area contributed by atoms with E-state index < -0.39 is 29.8 Å². The van der Waals surface area contributed by atoms with Gasteiger partial charge in [-0.1, -0.05) is 30.3 Å². The van der Waals surface area contributed by atoms with Crippen molar-refractivity contribution in [2.24, 2.45) is 0 Å². The number of halogens is 4. The molecule has 0 fully saturated rings. The Hall–Kier alpha value is -1.86. The largest absolute Gasteiger partial charge is 0.471 e. The van der Waals surface area contributed by atoms with Crippen molar-refractivity contribution < 1.29 is 22.6 Å². The van der Waals surface area contributed by atoms with E-state index >= 15 is 0 Å². The molecule has 0 unspecified atom stereocenters. The lowest BCUT2D eigenvalue weighted by Crippen LogP contribution is -2.30. The van der Waals surface area contributed by atoms with Gasteiger partial charge in [-0.2, -0.15) is 18.2 Å². The van der Waals surface area contributed by atoms with E-state index in [9.17, 15) is 13.2 Å². The molecule has 2 atom stereocenters. The van der Waals surface area contributed by atoms with Crippen molar-refractivity contribution >= 4 is 11.6 Å². The maximum absolute atomic E-state index is 13.0. The van der Waals surface area contributed by atoms with Crippen LogP contribution >= 0.6 is 11.6 Å². The minimum atomic E-state index is -4.63. The highest BCUT2D eigenvalue weighted by atomic mass is 35.5. The first-order chi connectivity index (χ1) is 11.3. The van der Waals surface area contributed by atoms with Crippen molar-refractivity contribution in [1.82, 2.24) is 9.97 Å². The summed E-state index contributed by atoms with van der Waals surface area (Å²) in [6.45, 7) is 3.64. The summed E-state index contributed by atoms with van der Waals surface area (Å²) < 4.78 is 49.9.